The minimum Gasteiger partial charge on any atom is -0.456 e. The average molecular weight is 1750 g/mol. The number of hydrogen-bond acceptors (Lipinski definition) is 31. The number of nitrogens with one attached hydrogen (secondary N) is 2. The lowest BCUT2D eigenvalue weighted by Crippen LogP contribution is -2.82. The van der Waals surface area contributed by atoms with E-state index in [-0.39, 0.29) is 77.7 Å². The molecule has 32 heteroatoms. The molecular formula is C92H116N2O29S. The number of carbonyl (C=O) groups is 11. The van der Waals surface area contributed by atoms with Gasteiger partial charge in [-0.2, -0.15) is 0 Å². The molecule has 7 N–H and O–H groups in total. The molecule has 1 amide bonds. The first kappa shape index (κ1) is 95.3. The summed E-state index contributed by atoms with van der Waals surface area (Å²) in [5.74, 6) is -11.6. The maximum absolute atomic E-state index is 15.9. The van der Waals surface area contributed by atoms with Crippen molar-refractivity contribution in [1.82, 2.24) is 10.6 Å². The topological polar surface area (TPSA) is 433 Å². The number of carbonyl (C=O) groups excluding carboxylic acids is 11. The van der Waals surface area contributed by atoms with Crippen molar-refractivity contribution in [2.75, 3.05) is 39.2 Å². The summed E-state index contributed by atoms with van der Waals surface area (Å²) in [7, 11) is 1.08. The van der Waals surface area contributed by atoms with E-state index >= 15 is 9.59 Å². The van der Waals surface area contributed by atoms with E-state index in [1.807, 2.05) is 41.5 Å². The number of rotatable bonds is 23. The lowest BCUT2D eigenvalue weighted by Gasteiger charge is -2.67. The van der Waals surface area contributed by atoms with Crippen LogP contribution in [0, 0.1) is 38.9 Å². The zero-order valence-electron chi connectivity index (χ0n) is 73.4. The van der Waals surface area contributed by atoms with Gasteiger partial charge < -0.3 is 92.4 Å². The highest BCUT2D eigenvalue weighted by molar-refractivity contribution is 7.98. The Morgan fingerprint density at radius 3 is 1.39 bits per heavy atom. The molecule has 22 atom stereocenters. The fourth-order valence-corrected chi connectivity index (χ4v) is 20.4. The largest absolute Gasteiger partial charge is 0.508 e. The molecule has 2 heterocycles. The van der Waals surface area contributed by atoms with E-state index in [0.29, 0.717) is 5.56 Å². The van der Waals surface area contributed by atoms with Gasteiger partial charge in [-0.25, -0.2) is 24.0 Å². The lowest BCUT2D eigenvalue weighted by molar-refractivity contribution is -0.347. The number of amides is 1. The van der Waals surface area contributed by atoms with Gasteiger partial charge in [0.1, 0.15) is 47.8 Å². The number of thioether (sulfide) groups is 1. The molecule has 12 rings (SSSR count). The van der Waals surface area contributed by atoms with Crippen LogP contribution in [0.2, 0.25) is 0 Å². The number of hydrogen-bond donors (Lipinski definition) is 7. The first-order chi connectivity index (χ1) is 58.0. The van der Waals surface area contributed by atoms with Gasteiger partial charge in [-0.1, -0.05) is 133 Å². The van der Waals surface area contributed by atoms with Crippen molar-refractivity contribution in [3.8, 4) is 0 Å². The van der Waals surface area contributed by atoms with Crippen LogP contribution in [0.4, 0.5) is 4.79 Å². The number of ether oxygens (including phenoxy) is 13. The van der Waals surface area contributed by atoms with Crippen LogP contribution in [0.1, 0.15) is 186 Å². The number of Topliss-reactive ketones (excluding diaryl/α,β-unsaturated/α-hetero) is 2. The normalized spacial score (nSPS) is 32.3. The van der Waals surface area contributed by atoms with Gasteiger partial charge in [-0.3, -0.25) is 34.1 Å². The standard InChI is InChI=1S/C49H55NO14S.C43H61NO15/c1-27-33(62-45(57)38(53)37(30-17-11-8-12-18-30)50-43(55)31-19-13-9-14-20-31)24-49(58)42(63-44(56)32-21-15-10-16-22-32)40-47(6,41(54)39(61-28(2)51)36(27)46(49,4)5)34(60-26-65-7)23-35-48(40,25-59-35)64-29(3)52;1-22-25(57-36(50)29(47)32(38(3,4)5)44-21-55-39(6,7)8)19-43(52)34(58-35(49)24-16-14-13-15-17-24)31-41(11,33(48)30(56-23(2)45)28(22)40(43,9)10)26(46)18-27-42(31,20-54-27)59-37(51)53-12/h8-22,33-35,37-40,42,53,58H,23-26H2,1-7H3,(H,50,55);13-17,25-27,29-32,34,44,46-47,52H,18-21H2,1-12H3/t33-,34-,35+,37-,38+,39+,40-,42-,47+,48-,49+;25-,26-,27+,29+,30+,31-,32+,34-,41+,42-,43+/m00/s1. The summed E-state index contributed by atoms with van der Waals surface area (Å²) in [6, 6.07) is 30.2. The minimum absolute atomic E-state index is 0.0109. The van der Waals surface area contributed by atoms with Crippen molar-refractivity contribution in [3.63, 3.8) is 0 Å². The van der Waals surface area contributed by atoms with Crippen LogP contribution in [0.25, 0.3) is 0 Å². The maximum atomic E-state index is 15.9. The zero-order valence-corrected chi connectivity index (χ0v) is 74.2. The third-order valence-corrected chi connectivity index (χ3v) is 27.1. The van der Waals surface area contributed by atoms with Crippen molar-refractivity contribution in [2.24, 2.45) is 38.9 Å². The van der Waals surface area contributed by atoms with Crippen LogP contribution in [-0.2, 0) is 95.1 Å². The van der Waals surface area contributed by atoms with Crippen LogP contribution in [0.3, 0.4) is 0 Å². The Morgan fingerprint density at radius 1 is 0.556 bits per heavy atom. The second-order valence-electron chi connectivity index (χ2n) is 36.9. The first-order valence-electron chi connectivity index (χ1n) is 41.3. The molecule has 2 aliphatic heterocycles. The minimum atomic E-state index is -2.36. The molecule has 0 radical (unpaired) electrons. The quantitative estimate of drug-likeness (QED) is 0.0158. The van der Waals surface area contributed by atoms with Gasteiger partial charge in [-0.15, -0.1) is 11.8 Å². The van der Waals surface area contributed by atoms with E-state index in [1.54, 1.807) is 152 Å². The predicted molar refractivity (Wildman–Crippen MR) is 443 cm³/mol. The third kappa shape index (κ3) is 17.5. The molecule has 4 aromatic carbocycles. The van der Waals surface area contributed by atoms with Crippen LogP contribution in [0.5, 0.6) is 0 Å². The van der Waals surface area contributed by atoms with Crippen molar-refractivity contribution in [2.45, 2.75) is 257 Å². The summed E-state index contributed by atoms with van der Waals surface area (Å²) in [4.78, 5) is 154. The van der Waals surface area contributed by atoms with Gasteiger partial charge >= 0.3 is 47.9 Å². The highest BCUT2D eigenvalue weighted by Crippen LogP contribution is 2.67. The van der Waals surface area contributed by atoms with E-state index in [4.69, 9.17) is 61.6 Å². The van der Waals surface area contributed by atoms with Crippen molar-refractivity contribution in [3.05, 3.63) is 166 Å². The van der Waals surface area contributed by atoms with Gasteiger partial charge in [0.15, 0.2) is 47.2 Å². The molecule has 6 fully saturated rings. The van der Waals surface area contributed by atoms with Gasteiger partial charge in [0.2, 0.25) is 0 Å². The monoisotopic (exact) mass is 1740 g/mol. The molecule has 8 aliphatic rings. The molecule has 6 aliphatic carbocycles. The number of esters is 7. The van der Waals surface area contributed by atoms with Crippen molar-refractivity contribution in [1.29, 1.82) is 0 Å². The Morgan fingerprint density at radius 2 is 0.976 bits per heavy atom. The van der Waals surface area contributed by atoms with Crippen LogP contribution in [-0.4, -0.2) is 237 Å². The molecule has 0 unspecified atom stereocenters. The summed E-state index contributed by atoms with van der Waals surface area (Å²) >= 11 is 1.34. The van der Waals surface area contributed by atoms with Gasteiger partial charge in [0.05, 0.1) is 96.7 Å². The molecule has 674 valence electrons. The van der Waals surface area contributed by atoms with Crippen LogP contribution in [0.15, 0.2) is 144 Å². The number of methoxy groups -OCH3 is 1. The Kier molecular flexibility index (Phi) is 27.8. The smallest absolute Gasteiger partial charge is 0.456 e. The molecular weight excluding hydrogens is 1630 g/mol. The first-order valence-corrected chi connectivity index (χ1v) is 42.7. The Bertz CT molecular complexity index is 4760. The van der Waals surface area contributed by atoms with Crippen molar-refractivity contribution < 1.29 is 140 Å². The fourth-order valence-electron chi connectivity index (χ4n) is 20.1. The summed E-state index contributed by atoms with van der Waals surface area (Å²) < 4.78 is 78.3. The molecule has 31 nitrogen and oxygen atoms in total. The number of aliphatic hydroxyl groups excluding tert-OH is 3. The molecule has 0 aromatic heterocycles. The highest BCUT2D eigenvalue weighted by Gasteiger charge is 2.81. The van der Waals surface area contributed by atoms with E-state index in [0.717, 1.165) is 21.0 Å². The Hall–Kier alpha value is -9.32. The van der Waals surface area contributed by atoms with Gasteiger partial charge in [-0.05, 0) is 124 Å². The summed E-state index contributed by atoms with van der Waals surface area (Å²) in [6.45, 7) is 26.3. The van der Waals surface area contributed by atoms with E-state index in [1.165, 1.54) is 49.9 Å². The molecule has 4 aromatic rings. The number of aliphatic hydroxyl groups is 5. The Balaban J connectivity index is 0.000000243. The summed E-state index contributed by atoms with van der Waals surface area (Å²) in [5, 5.41) is 68.9. The van der Waals surface area contributed by atoms with Crippen LogP contribution >= 0.6 is 11.8 Å². The molecule has 4 bridgehead atoms. The van der Waals surface area contributed by atoms with Gasteiger partial charge in [0.25, 0.3) is 5.91 Å². The lowest BCUT2D eigenvalue weighted by atomic mass is 9.44. The summed E-state index contributed by atoms with van der Waals surface area (Å²) in [5.41, 5.74) is -15.3. The number of benzene rings is 4. The molecule has 4 saturated carbocycles. The summed E-state index contributed by atoms with van der Waals surface area (Å²) in [6.07, 6.45) is -18.9. The fraction of sp³-hybridized carbons (Fsp3) is 0.576. The third-order valence-electron chi connectivity index (χ3n) is 26.7. The average Bonchev–Trinajstić information content (AvgIpc) is 0.671. The second kappa shape index (κ2) is 36.2. The predicted octanol–water partition coefficient (Wildman–Crippen LogP) is 8.64. The maximum Gasteiger partial charge on any atom is 0.508 e. The number of ketones is 2. The van der Waals surface area contributed by atoms with E-state index in [9.17, 15) is 68.7 Å². The number of fused-ring (bicyclic) bond motifs is 10. The van der Waals surface area contributed by atoms with E-state index in [2.05, 4.69) is 10.6 Å². The Labute approximate surface area is 724 Å². The molecule has 124 heavy (non-hydrogen) atoms. The molecule has 0 spiro atoms. The molecule has 2 saturated heterocycles. The van der Waals surface area contributed by atoms with Gasteiger partial charge in [0, 0.05) is 62.8 Å². The van der Waals surface area contributed by atoms with Crippen LogP contribution < -0.4 is 10.6 Å². The second-order valence-corrected chi connectivity index (χ2v) is 37.8. The SMILES string of the molecule is COC(=O)O[C@@]12CO[C@@H]1C[C@H](O)[C@@]1(C)C(=O)[C@H](OC(C)=O)C3=C(C)[C@@H](OC(=O)[C@H](O)[C@@H](NCOC(C)(C)C)C(C)(C)C)C[C@@](O)([C@@H](OC(=O)c4ccccc4)[C@H]21)C3(C)C.CSCO[C@H]1C[C@H]2OC[C@@]2(OC(C)=O)[C@H]2[C@H](OC(=O)c3ccccc3)[C@]3(O)C[C@H](OC(=O)[C@H](O)[C@@H](NC(=O)c4ccccc4)c4ccccc4)C(C)=C([C@@H](OC(C)=O)C(=O)[C@]12C)C3(C)C. The zero-order chi connectivity index (χ0) is 91.3. The van der Waals surface area contributed by atoms with E-state index < -0.39 is 231 Å². The van der Waals surface area contributed by atoms with Crippen molar-refractivity contribution >= 4 is 77.2 Å². The highest BCUT2D eigenvalue weighted by atomic mass is 32.2.